The summed E-state index contributed by atoms with van der Waals surface area (Å²) < 4.78 is 11.6. The van der Waals surface area contributed by atoms with Crippen molar-refractivity contribution in [2.75, 3.05) is 27.3 Å². The highest BCUT2D eigenvalue weighted by molar-refractivity contribution is 9.11. The second-order valence-corrected chi connectivity index (χ2v) is 9.18. The van der Waals surface area contributed by atoms with Crippen LogP contribution in [0.5, 0.6) is 23.0 Å². The third kappa shape index (κ3) is 6.52. The maximum absolute atomic E-state index is 12.4. The minimum Gasteiger partial charge on any atom is -0.507 e. The van der Waals surface area contributed by atoms with Gasteiger partial charge in [-0.2, -0.15) is 0 Å². The summed E-state index contributed by atoms with van der Waals surface area (Å²) in [5, 5.41) is 25.7. The Morgan fingerprint density at radius 1 is 0.844 bits per heavy atom. The summed E-state index contributed by atoms with van der Waals surface area (Å²) in [5.41, 5.74) is 0.281. The minimum absolute atomic E-state index is 0.127. The van der Waals surface area contributed by atoms with E-state index in [4.69, 9.17) is 9.47 Å². The lowest BCUT2D eigenvalue weighted by Gasteiger charge is -2.12. The summed E-state index contributed by atoms with van der Waals surface area (Å²) in [4.78, 5) is 24.6. The molecule has 11 heteroatoms. The molecule has 2 rings (SSSR count). The van der Waals surface area contributed by atoms with Crippen molar-refractivity contribution in [1.82, 2.24) is 10.6 Å². The number of methoxy groups -OCH3 is 2. The second kappa shape index (κ2) is 12.3. The fourth-order valence-corrected chi connectivity index (χ4v) is 4.80. The number of benzene rings is 2. The van der Waals surface area contributed by atoms with Gasteiger partial charge < -0.3 is 30.3 Å². The molecule has 0 aliphatic heterocycles. The molecular formula is C21H23Br3N2O6. The number of rotatable bonds is 10. The van der Waals surface area contributed by atoms with E-state index in [1.54, 1.807) is 0 Å². The lowest BCUT2D eigenvalue weighted by Crippen LogP contribution is -2.26. The van der Waals surface area contributed by atoms with Crippen LogP contribution in [0.15, 0.2) is 31.6 Å². The van der Waals surface area contributed by atoms with Crippen molar-refractivity contribution in [3.8, 4) is 23.0 Å². The summed E-state index contributed by atoms with van der Waals surface area (Å²) in [5.74, 6) is -0.310. The number of hydrogen-bond donors (Lipinski definition) is 4. The van der Waals surface area contributed by atoms with Gasteiger partial charge in [-0.1, -0.05) is 0 Å². The molecule has 0 bridgehead atoms. The van der Waals surface area contributed by atoms with Crippen LogP contribution < -0.4 is 20.1 Å². The summed E-state index contributed by atoms with van der Waals surface area (Å²) in [7, 11) is 2.93. The Bertz CT molecular complexity index is 1000. The Balaban J connectivity index is 1.75. The lowest BCUT2D eigenvalue weighted by atomic mass is 10.1. The van der Waals surface area contributed by atoms with Crippen molar-refractivity contribution < 1.29 is 29.3 Å². The van der Waals surface area contributed by atoms with E-state index in [0.717, 1.165) is 6.42 Å². The van der Waals surface area contributed by atoms with E-state index >= 15 is 0 Å². The average Bonchev–Trinajstić information content (AvgIpc) is 2.76. The van der Waals surface area contributed by atoms with E-state index in [-0.39, 0.29) is 28.5 Å². The fourth-order valence-electron chi connectivity index (χ4n) is 2.85. The first-order valence-electron chi connectivity index (χ1n) is 9.59. The molecule has 2 amide bonds. The molecule has 0 fully saturated rings. The number of aromatic hydroxyl groups is 2. The SMILES string of the molecule is COc1cc(O)c(C(=O)NCCCCCNC(=O)c2cc(Br)c(OC)c(Br)c2O)cc1Br. The Morgan fingerprint density at radius 3 is 1.97 bits per heavy atom. The van der Waals surface area contributed by atoms with Gasteiger partial charge in [0.2, 0.25) is 0 Å². The third-order valence-electron chi connectivity index (χ3n) is 4.54. The normalized spacial score (nSPS) is 10.5. The number of halogens is 3. The lowest BCUT2D eigenvalue weighted by molar-refractivity contribution is 0.0944. The molecule has 0 aliphatic rings. The Morgan fingerprint density at radius 2 is 1.41 bits per heavy atom. The number of phenolic OH excluding ortho intramolecular Hbond substituents is 2. The molecule has 2 aromatic rings. The number of hydrogen-bond acceptors (Lipinski definition) is 6. The van der Waals surface area contributed by atoms with Crippen LogP contribution in [0.4, 0.5) is 0 Å². The highest BCUT2D eigenvalue weighted by Gasteiger charge is 2.20. The van der Waals surface area contributed by atoms with E-state index in [1.807, 2.05) is 0 Å². The molecule has 2 aromatic carbocycles. The number of carbonyl (C=O) groups excluding carboxylic acids is 2. The third-order valence-corrected chi connectivity index (χ3v) is 6.48. The van der Waals surface area contributed by atoms with Gasteiger partial charge in [-0.25, -0.2) is 0 Å². The van der Waals surface area contributed by atoms with Crippen LogP contribution in [0.1, 0.15) is 40.0 Å². The van der Waals surface area contributed by atoms with Gasteiger partial charge in [0.15, 0.2) is 5.75 Å². The number of phenols is 2. The van der Waals surface area contributed by atoms with Crippen LogP contribution in [0.25, 0.3) is 0 Å². The van der Waals surface area contributed by atoms with Gasteiger partial charge in [0.05, 0.1) is 34.3 Å². The Hall–Kier alpha value is -1.98. The zero-order chi connectivity index (χ0) is 23.8. The van der Waals surface area contributed by atoms with Crippen molar-refractivity contribution in [2.24, 2.45) is 0 Å². The van der Waals surface area contributed by atoms with Crippen LogP contribution in [-0.4, -0.2) is 49.3 Å². The van der Waals surface area contributed by atoms with E-state index in [2.05, 4.69) is 58.4 Å². The first-order valence-corrected chi connectivity index (χ1v) is 12.0. The number of unbranched alkanes of at least 4 members (excludes halogenated alkanes) is 2. The van der Waals surface area contributed by atoms with E-state index < -0.39 is 5.91 Å². The summed E-state index contributed by atoms with van der Waals surface area (Å²) in [6, 6.07) is 4.38. The van der Waals surface area contributed by atoms with Gasteiger partial charge >= 0.3 is 0 Å². The van der Waals surface area contributed by atoms with Crippen LogP contribution in [0, 0.1) is 0 Å². The molecular weight excluding hydrogens is 616 g/mol. The number of carbonyl (C=O) groups is 2. The van der Waals surface area contributed by atoms with Gasteiger partial charge in [0, 0.05) is 19.2 Å². The van der Waals surface area contributed by atoms with Gasteiger partial charge in [0.25, 0.3) is 11.8 Å². The maximum Gasteiger partial charge on any atom is 0.255 e. The molecule has 0 spiro atoms. The van der Waals surface area contributed by atoms with Crippen molar-refractivity contribution >= 4 is 59.6 Å². The van der Waals surface area contributed by atoms with Gasteiger partial charge in [-0.3, -0.25) is 9.59 Å². The molecule has 0 aromatic heterocycles. The molecule has 0 atom stereocenters. The molecule has 32 heavy (non-hydrogen) atoms. The maximum atomic E-state index is 12.4. The first kappa shape index (κ1) is 26.3. The topological polar surface area (TPSA) is 117 Å². The van der Waals surface area contributed by atoms with E-state index in [9.17, 15) is 19.8 Å². The first-order chi connectivity index (χ1) is 15.2. The van der Waals surface area contributed by atoms with Crippen LogP contribution >= 0.6 is 47.8 Å². The largest absolute Gasteiger partial charge is 0.507 e. The Labute approximate surface area is 211 Å². The summed E-state index contributed by atoms with van der Waals surface area (Å²) in [6.45, 7) is 0.842. The molecule has 4 N–H and O–H groups in total. The zero-order valence-electron chi connectivity index (χ0n) is 17.4. The van der Waals surface area contributed by atoms with Crippen molar-refractivity contribution in [3.63, 3.8) is 0 Å². The smallest absolute Gasteiger partial charge is 0.255 e. The van der Waals surface area contributed by atoms with Gasteiger partial charge in [-0.15, -0.1) is 0 Å². The number of ether oxygens (including phenoxy) is 2. The van der Waals surface area contributed by atoms with Crippen molar-refractivity contribution in [3.05, 3.63) is 42.7 Å². The molecule has 174 valence electrons. The molecule has 8 nitrogen and oxygen atoms in total. The van der Waals surface area contributed by atoms with Gasteiger partial charge in [0.1, 0.15) is 21.7 Å². The zero-order valence-corrected chi connectivity index (χ0v) is 22.2. The van der Waals surface area contributed by atoms with Crippen LogP contribution in [-0.2, 0) is 0 Å². The molecule has 0 aliphatic carbocycles. The minimum atomic E-state index is -0.402. The average molecular weight is 639 g/mol. The molecule has 0 saturated carbocycles. The van der Waals surface area contributed by atoms with E-state index in [1.165, 1.54) is 32.4 Å². The fraction of sp³-hybridized carbons (Fsp3) is 0.333. The molecule has 0 radical (unpaired) electrons. The summed E-state index contributed by atoms with van der Waals surface area (Å²) in [6.07, 6.45) is 2.16. The summed E-state index contributed by atoms with van der Waals surface area (Å²) >= 11 is 9.82. The Kier molecular flexibility index (Phi) is 10.1. The van der Waals surface area contributed by atoms with Crippen LogP contribution in [0.3, 0.4) is 0 Å². The number of nitrogens with one attached hydrogen (secondary N) is 2. The second-order valence-electron chi connectivity index (χ2n) is 6.68. The monoisotopic (exact) mass is 636 g/mol. The molecule has 0 unspecified atom stereocenters. The van der Waals surface area contributed by atoms with E-state index in [0.29, 0.717) is 50.8 Å². The number of amides is 2. The standard InChI is InChI=1S/C21H23Br3N2O6/c1-31-16-10-15(27)11(8-13(16)22)20(29)25-6-4-3-5-7-26-21(30)12-9-14(23)19(32-2)17(24)18(12)28/h8-10,27-28H,3-7H2,1-2H3,(H,25,29)(H,26,30). The van der Waals surface area contributed by atoms with Crippen LogP contribution in [0.2, 0.25) is 0 Å². The molecule has 0 saturated heterocycles. The highest BCUT2D eigenvalue weighted by Crippen LogP contribution is 2.42. The predicted octanol–water partition coefficient (Wildman–Crippen LogP) is 4.73. The van der Waals surface area contributed by atoms with Gasteiger partial charge in [-0.05, 0) is 79.2 Å². The molecule has 0 heterocycles. The predicted molar refractivity (Wildman–Crippen MR) is 131 cm³/mol. The van der Waals surface area contributed by atoms with Crippen molar-refractivity contribution in [2.45, 2.75) is 19.3 Å². The quantitative estimate of drug-likeness (QED) is 0.280. The van der Waals surface area contributed by atoms with Crippen molar-refractivity contribution in [1.29, 1.82) is 0 Å². The highest BCUT2D eigenvalue weighted by atomic mass is 79.9.